The highest BCUT2D eigenvalue weighted by molar-refractivity contribution is 7.89. The van der Waals surface area contributed by atoms with Gasteiger partial charge in [-0.3, -0.25) is 0 Å². The molecule has 6 heteroatoms. The zero-order valence-electron chi connectivity index (χ0n) is 11.3. The van der Waals surface area contributed by atoms with Crippen molar-refractivity contribution in [3.63, 3.8) is 0 Å². The smallest absolute Gasteiger partial charge is 0.242 e. The number of sulfonamides is 1. The lowest BCUT2D eigenvalue weighted by Gasteiger charge is -2.22. The molecule has 1 aromatic rings. The first-order chi connectivity index (χ1) is 8.91. The van der Waals surface area contributed by atoms with Crippen molar-refractivity contribution in [3.05, 3.63) is 23.8 Å². The molecule has 0 fully saturated rings. The van der Waals surface area contributed by atoms with Crippen molar-refractivity contribution in [2.75, 3.05) is 25.5 Å². The number of aliphatic hydroxyl groups is 1. The summed E-state index contributed by atoms with van der Waals surface area (Å²) in [5.41, 5.74) is 2.06. The van der Waals surface area contributed by atoms with E-state index in [4.69, 9.17) is 0 Å². The minimum absolute atomic E-state index is 0.0901. The van der Waals surface area contributed by atoms with Crippen molar-refractivity contribution >= 4 is 15.7 Å². The van der Waals surface area contributed by atoms with Crippen molar-refractivity contribution in [1.82, 2.24) is 4.31 Å². The molecule has 1 heterocycles. The van der Waals surface area contributed by atoms with Gasteiger partial charge in [-0.05, 0) is 37.5 Å². The van der Waals surface area contributed by atoms with E-state index in [1.165, 1.54) is 11.4 Å². The van der Waals surface area contributed by atoms with Crippen LogP contribution in [0.2, 0.25) is 0 Å². The van der Waals surface area contributed by atoms with Gasteiger partial charge in [0.1, 0.15) is 0 Å². The summed E-state index contributed by atoms with van der Waals surface area (Å²) in [5, 5.41) is 12.5. The molecule has 0 aliphatic carbocycles. The first-order valence-electron chi connectivity index (χ1n) is 6.42. The quantitative estimate of drug-likeness (QED) is 0.867. The first-order valence-corrected chi connectivity index (χ1v) is 7.86. The van der Waals surface area contributed by atoms with Gasteiger partial charge in [0.2, 0.25) is 10.0 Å². The summed E-state index contributed by atoms with van der Waals surface area (Å²) < 4.78 is 25.9. The SMILES string of the molecule is CC(O)CN(C)S(=O)(=O)c1ccc2c(c1)NCCC2. The molecule has 1 aliphatic rings. The minimum Gasteiger partial charge on any atom is -0.392 e. The van der Waals surface area contributed by atoms with E-state index < -0.39 is 16.1 Å². The third kappa shape index (κ3) is 3.08. The molecule has 0 bridgehead atoms. The number of hydrogen-bond donors (Lipinski definition) is 2. The van der Waals surface area contributed by atoms with Gasteiger partial charge in [-0.15, -0.1) is 0 Å². The van der Waals surface area contributed by atoms with E-state index in [0.29, 0.717) is 0 Å². The largest absolute Gasteiger partial charge is 0.392 e. The van der Waals surface area contributed by atoms with Crippen LogP contribution in [0.5, 0.6) is 0 Å². The molecule has 1 aromatic carbocycles. The van der Waals surface area contributed by atoms with Gasteiger partial charge in [0, 0.05) is 25.8 Å². The molecule has 19 heavy (non-hydrogen) atoms. The molecule has 0 saturated heterocycles. The second kappa shape index (κ2) is 5.48. The fraction of sp³-hybridized carbons (Fsp3) is 0.538. The maximum Gasteiger partial charge on any atom is 0.242 e. The number of aryl methyl sites for hydroxylation is 1. The summed E-state index contributed by atoms with van der Waals surface area (Å²) in [5.74, 6) is 0. The van der Waals surface area contributed by atoms with E-state index in [9.17, 15) is 13.5 Å². The molecule has 5 nitrogen and oxygen atoms in total. The van der Waals surface area contributed by atoms with Crippen molar-refractivity contribution in [3.8, 4) is 0 Å². The Morgan fingerprint density at radius 1 is 1.47 bits per heavy atom. The lowest BCUT2D eigenvalue weighted by Crippen LogP contribution is -2.33. The van der Waals surface area contributed by atoms with Crippen LogP contribution < -0.4 is 5.32 Å². The molecule has 1 aliphatic heterocycles. The fourth-order valence-corrected chi connectivity index (χ4v) is 3.53. The van der Waals surface area contributed by atoms with E-state index in [1.54, 1.807) is 19.1 Å². The molecular formula is C13H20N2O3S. The van der Waals surface area contributed by atoms with Gasteiger partial charge >= 0.3 is 0 Å². The third-order valence-electron chi connectivity index (χ3n) is 3.25. The summed E-state index contributed by atoms with van der Waals surface area (Å²) in [7, 11) is -2.05. The van der Waals surface area contributed by atoms with E-state index in [-0.39, 0.29) is 11.4 Å². The Kier molecular flexibility index (Phi) is 4.13. The van der Waals surface area contributed by atoms with Crippen LogP contribution in [0.15, 0.2) is 23.1 Å². The summed E-state index contributed by atoms with van der Waals surface area (Å²) in [4.78, 5) is 0.267. The average Bonchev–Trinajstić information content (AvgIpc) is 2.37. The lowest BCUT2D eigenvalue weighted by atomic mass is 10.0. The standard InChI is InChI=1S/C13H20N2O3S/c1-10(16)9-15(2)19(17,18)12-6-5-11-4-3-7-14-13(11)8-12/h5-6,8,10,14,16H,3-4,7,9H2,1-2H3. The van der Waals surface area contributed by atoms with Crippen LogP contribution in [0, 0.1) is 0 Å². The van der Waals surface area contributed by atoms with Gasteiger partial charge in [0.05, 0.1) is 11.0 Å². The highest BCUT2D eigenvalue weighted by Gasteiger charge is 2.23. The number of fused-ring (bicyclic) bond motifs is 1. The maximum atomic E-state index is 12.3. The molecule has 0 saturated carbocycles. The third-order valence-corrected chi connectivity index (χ3v) is 5.07. The zero-order valence-corrected chi connectivity index (χ0v) is 12.1. The van der Waals surface area contributed by atoms with Crippen molar-refractivity contribution in [2.45, 2.75) is 30.8 Å². The number of aliphatic hydroxyl groups excluding tert-OH is 1. The van der Waals surface area contributed by atoms with E-state index in [0.717, 1.165) is 30.6 Å². The monoisotopic (exact) mass is 284 g/mol. The normalized spacial score (nSPS) is 16.8. The summed E-state index contributed by atoms with van der Waals surface area (Å²) in [6.07, 6.45) is 1.36. The number of nitrogens with zero attached hydrogens (tertiary/aromatic N) is 1. The molecule has 0 amide bonds. The van der Waals surface area contributed by atoms with E-state index in [1.807, 2.05) is 6.07 Å². The van der Waals surface area contributed by atoms with Gasteiger partial charge in [0.15, 0.2) is 0 Å². The van der Waals surface area contributed by atoms with Crippen LogP contribution in [-0.2, 0) is 16.4 Å². The fourth-order valence-electron chi connectivity index (χ4n) is 2.25. The summed E-state index contributed by atoms with van der Waals surface area (Å²) >= 11 is 0. The number of likely N-dealkylation sites (N-methyl/N-ethyl adjacent to an activating group) is 1. The Labute approximate surface area is 114 Å². The number of rotatable bonds is 4. The predicted octanol–water partition coefficient (Wildman–Crippen LogP) is 1.05. The number of anilines is 1. The number of hydrogen-bond acceptors (Lipinski definition) is 4. The van der Waals surface area contributed by atoms with Gasteiger partial charge in [0.25, 0.3) is 0 Å². The second-order valence-electron chi connectivity index (χ2n) is 4.98. The highest BCUT2D eigenvalue weighted by Crippen LogP contribution is 2.26. The average molecular weight is 284 g/mol. The molecule has 0 radical (unpaired) electrons. The lowest BCUT2D eigenvalue weighted by molar-refractivity contribution is 0.171. The minimum atomic E-state index is -3.53. The van der Waals surface area contributed by atoms with Crippen molar-refractivity contribution < 1.29 is 13.5 Å². The van der Waals surface area contributed by atoms with Crippen LogP contribution in [0.25, 0.3) is 0 Å². The van der Waals surface area contributed by atoms with E-state index >= 15 is 0 Å². The van der Waals surface area contributed by atoms with Gasteiger partial charge in [-0.25, -0.2) is 8.42 Å². The van der Waals surface area contributed by atoms with Crippen molar-refractivity contribution in [2.24, 2.45) is 0 Å². The van der Waals surface area contributed by atoms with Crippen LogP contribution in [-0.4, -0.2) is 44.1 Å². The Morgan fingerprint density at radius 3 is 2.89 bits per heavy atom. The first kappa shape index (κ1) is 14.3. The number of nitrogens with one attached hydrogen (secondary N) is 1. The Hall–Kier alpha value is -1.11. The molecule has 106 valence electrons. The Morgan fingerprint density at radius 2 is 2.21 bits per heavy atom. The van der Waals surface area contributed by atoms with Crippen LogP contribution in [0.4, 0.5) is 5.69 Å². The molecule has 2 N–H and O–H groups in total. The van der Waals surface area contributed by atoms with Crippen LogP contribution in [0.1, 0.15) is 18.9 Å². The van der Waals surface area contributed by atoms with Gasteiger partial charge < -0.3 is 10.4 Å². The second-order valence-corrected chi connectivity index (χ2v) is 7.03. The Bertz CT molecular complexity index is 555. The Balaban J connectivity index is 2.30. The molecule has 0 aromatic heterocycles. The molecule has 2 rings (SSSR count). The zero-order chi connectivity index (χ0) is 14.0. The number of benzene rings is 1. The molecule has 1 unspecified atom stereocenters. The predicted molar refractivity (Wildman–Crippen MR) is 74.7 cm³/mol. The highest BCUT2D eigenvalue weighted by atomic mass is 32.2. The van der Waals surface area contributed by atoms with Crippen molar-refractivity contribution in [1.29, 1.82) is 0 Å². The summed E-state index contributed by atoms with van der Waals surface area (Å²) in [6, 6.07) is 5.19. The van der Waals surface area contributed by atoms with E-state index in [2.05, 4.69) is 5.32 Å². The molecule has 0 spiro atoms. The molecule has 1 atom stereocenters. The maximum absolute atomic E-state index is 12.3. The topological polar surface area (TPSA) is 69.6 Å². The van der Waals surface area contributed by atoms with Crippen LogP contribution in [0.3, 0.4) is 0 Å². The summed E-state index contributed by atoms with van der Waals surface area (Å²) in [6.45, 7) is 2.54. The van der Waals surface area contributed by atoms with Gasteiger partial charge in [-0.2, -0.15) is 4.31 Å². The van der Waals surface area contributed by atoms with Crippen LogP contribution >= 0.6 is 0 Å². The molecular weight excluding hydrogens is 264 g/mol. The van der Waals surface area contributed by atoms with Gasteiger partial charge in [-0.1, -0.05) is 6.07 Å².